The number of anilines is 2. The lowest BCUT2D eigenvalue weighted by Crippen LogP contribution is -2.20. The number of hydrogen-bond acceptors (Lipinski definition) is 4. The average Bonchev–Trinajstić information content (AvgIpc) is 2.38. The first-order valence-electron chi connectivity index (χ1n) is 6.63. The summed E-state index contributed by atoms with van der Waals surface area (Å²) >= 11 is 0. The molecule has 0 aromatic carbocycles. The molecule has 0 fully saturated rings. The molecule has 18 heavy (non-hydrogen) atoms. The lowest BCUT2D eigenvalue weighted by Gasteiger charge is -2.19. The molecule has 0 saturated heterocycles. The fraction of sp³-hybridized carbons (Fsp3) is 0.571. The van der Waals surface area contributed by atoms with Gasteiger partial charge in [-0.1, -0.05) is 33.1 Å². The highest BCUT2D eigenvalue weighted by atomic mass is 15.0. The summed E-state index contributed by atoms with van der Waals surface area (Å²) in [6, 6.07) is 4.12. The molecule has 0 spiro atoms. The second-order valence-electron chi connectivity index (χ2n) is 4.55. The Morgan fingerprint density at radius 2 is 2.17 bits per heavy atom. The molecule has 0 aliphatic carbocycles. The molecule has 1 unspecified atom stereocenters. The SMILES string of the molecule is CCCCC(CCC)Nc1ncc(C#N)cc1N. The van der Waals surface area contributed by atoms with E-state index in [1.807, 2.05) is 6.07 Å². The van der Waals surface area contributed by atoms with E-state index in [4.69, 9.17) is 11.0 Å². The second-order valence-corrected chi connectivity index (χ2v) is 4.55. The van der Waals surface area contributed by atoms with Gasteiger partial charge in [-0.15, -0.1) is 0 Å². The number of pyridine rings is 1. The van der Waals surface area contributed by atoms with Crippen LogP contribution in [0.15, 0.2) is 12.3 Å². The van der Waals surface area contributed by atoms with Crippen LogP contribution in [-0.2, 0) is 0 Å². The molecule has 1 rings (SSSR count). The predicted octanol–water partition coefficient (Wildman–Crippen LogP) is 3.31. The van der Waals surface area contributed by atoms with Crippen LogP contribution in [0.4, 0.5) is 11.5 Å². The molecule has 1 atom stereocenters. The highest BCUT2D eigenvalue weighted by molar-refractivity contribution is 5.63. The van der Waals surface area contributed by atoms with Crippen molar-refractivity contribution in [3.63, 3.8) is 0 Å². The number of aromatic nitrogens is 1. The van der Waals surface area contributed by atoms with E-state index in [0.717, 1.165) is 19.3 Å². The third-order valence-electron chi connectivity index (χ3n) is 2.93. The molecule has 1 aromatic heterocycles. The van der Waals surface area contributed by atoms with Crippen molar-refractivity contribution in [1.29, 1.82) is 5.26 Å². The predicted molar refractivity (Wildman–Crippen MR) is 75.2 cm³/mol. The smallest absolute Gasteiger partial charge is 0.149 e. The Kier molecular flexibility index (Phi) is 5.99. The number of nitrogens with one attached hydrogen (secondary N) is 1. The monoisotopic (exact) mass is 246 g/mol. The molecule has 0 aliphatic heterocycles. The van der Waals surface area contributed by atoms with Gasteiger partial charge in [0.1, 0.15) is 11.9 Å². The lowest BCUT2D eigenvalue weighted by atomic mass is 10.1. The van der Waals surface area contributed by atoms with E-state index >= 15 is 0 Å². The number of hydrogen-bond donors (Lipinski definition) is 2. The number of nitrogen functional groups attached to an aromatic ring is 1. The molecule has 1 aromatic rings. The molecule has 3 N–H and O–H groups in total. The van der Waals surface area contributed by atoms with Gasteiger partial charge in [-0.3, -0.25) is 0 Å². The van der Waals surface area contributed by atoms with Crippen LogP contribution < -0.4 is 11.1 Å². The standard InChI is InChI=1S/C14H22N4/c1-3-5-7-12(6-4-2)18-14-13(16)8-11(9-15)10-17-14/h8,10,12H,3-7,16H2,1-2H3,(H,17,18). The molecule has 1 heterocycles. The second kappa shape index (κ2) is 7.54. The van der Waals surface area contributed by atoms with E-state index in [0.29, 0.717) is 23.1 Å². The molecular formula is C14H22N4. The van der Waals surface area contributed by atoms with Crippen molar-refractivity contribution in [3.05, 3.63) is 17.8 Å². The van der Waals surface area contributed by atoms with Gasteiger partial charge in [0.05, 0.1) is 11.3 Å². The van der Waals surface area contributed by atoms with Crippen molar-refractivity contribution in [2.24, 2.45) is 0 Å². The minimum absolute atomic E-state index is 0.415. The van der Waals surface area contributed by atoms with Crippen LogP contribution in [0.1, 0.15) is 51.5 Å². The Balaban J connectivity index is 2.71. The lowest BCUT2D eigenvalue weighted by molar-refractivity contribution is 0.563. The third kappa shape index (κ3) is 4.25. The molecule has 0 bridgehead atoms. The topological polar surface area (TPSA) is 74.7 Å². The van der Waals surface area contributed by atoms with Gasteiger partial charge in [0.2, 0.25) is 0 Å². The summed E-state index contributed by atoms with van der Waals surface area (Å²) in [7, 11) is 0. The van der Waals surface area contributed by atoms with Crippen LogP contribution in [0.5, 0.6) is 0 Å². The maximum atomic E-state index is 8.77. The van der Waals surface area contributed by atoms with Crippen molar-refractivity contribution in [1.82, 2.24) is 4.98 Å². The zero-order valence-electron chi connectivity index (χ0n) is 11.2. The van der Waals surface area contributed by atoms with Crippen LogP contribution in [0.2, 0.25) is 0 Å². The van der Waals surface area contributed by atoms with Crippen molar-refractivity contribution < 1.29 is 0 Å². The summed E-state index contributed by atoms with van der Waals surface area (Å²) in [5, 5.41) is 12.2. The summed E-state index contributed by atoms with van der Waals surface area (Å²) in [4.78, 5) is 4.22. The molecule has 4 heteroatoms. The van der Waals surface area contributed by atoms with Crippen molar-refractivity contribution >= 4 is 11.5 Å². The number of nitrogens with two attached hydrogens (primary N) is 1. The van der Waals surface area contributed by atoms with Crippen molar-refractivity contribution in [2.75, 3.05) is 11.1 Å². The Hall–Kier alpha value is -1.76. The van der Waals surface area contributed by atoms with E-state index in [9.17, 15) is 0 Å². The Labute approximate surface area is 109 Å². The number of nitrogens with zero attached hydrogens (tertiary/aromatic N) is 2. The summed E-state index contributed by atoms with van der Waals surface area (Å²) < 4.78 is 0. The third-order valence-corrected chi connectivity index (χ3v) is 2.93. The van der Waals surface area contributed by atoms with E-state index < -0.39 is 0 Å². The molecule has 0 aliphatic rings. The molecule has 4 nitrogen and oxygen atoms in total. The molecule has 0 radical (unpaired) electrons. The highest BCUT2D eigenvalue weighted by Gasteiger charge is 2.10. The fourth-order valence-corrected chi connectivity index (χ4v) is 1.94. The largest absolute Gasteiger partial charge is 0.396 e. The van der Waals surface area contributed by atoms with Crippen molar-refractivity contribution in [3.8, 4) is 6.07 Å². The van der Waals surface area contributed by atoms with E-state index in [1.165, 1.54) is 12.8 Å². The Bertz CT molecular complexity index is 409. The zero-order valence-corrected chi connectivity index (χ0v) is 11.2. The molecule has 0 saturated carbocycles. The van der Waals surface area contributed by atoms with Crippen LogP contribution in [0.3, 0.4) is 0 Å². The summed E-state index contributed by atoms with van der Waals surface area (Å²) in [5.41, 5.74) is 6.94. The van der Waals surface area contributed by atoms with Crippen LogP contribution >= 0.6 is 0 Å². The number of rotatable bonds is 7. The zero-order chi connectivity index (χ0) is 13.4. The van der Waals surface area contributed by atoms with E-state index in [2.05, 4.69) is 24.1 Å². The normalized spacial score (nSPS) is 11.8. The van der Waals surface area contributed by atoms with Gasteiger partial charge in [0, 0.05) is 12.2 Å². The number of unbranched alkanes of at least 4 members (excludes halogenated alkanes) is 1. The van der Waals surface area contributed by atoms with Gasteiger partial charge in [-0.25, -0.2) is 4.98 Å². The molecule has 0 amide bonds. The minimum atomic E-state index is 0.415. The molecule has 98 valence electrons. The van der Waals surface area contributed by atoms with Crippen LogP contribution in [0, 0.1) is 11.3 Å². The first-order valence-corrected chi connectivity index (χ1v) is 6.63. The van der Waals surface area contributed by atoms with Gasteiger partial charge in [-0.2, -0.15) is 5.26 Å². The summed E-state index contributed by atoms with van der Waals surface area (Å²) in [5.74, 6) is 0.698. The summed E-state index contributed by atoms with van der Waals surface area (Å²) in [6.07, 6.45) is 7.33. The van der Waals surface area contributed by atoms with Gasteiger partial charge in [0.15, 0.2) is 0 Å². The van der Waals surface area contributed by atoms with Gasteiger partial charge < -0.3 is 11.1 Å². The highest BCUT2D eigenvalue weighted by Crippen LogP contribution is 2.20. The van der Waals surface area contributed by atoms with Gasteiger partial charge in [-0.05, 0) is 18.9 Å². The van der Waals surface area contributed by atoms with Gasteiger partial charge in [0.25, 0.3) is 0 Å². The molecular weight excluding hydrogens is 224 g/mol. The first-order chi connectivity index (χ1) is 8.71. The Morgan fingerprint density at radius 1 is 1.39 bits per heavy atom. The van der Waals surface area contributed by atoms with Crippen LogP contribution in [0.25, 0.3) is 0 Å². The minimum Gasteiger partial charge on any atom is -0.396 e. The van der Waals surface area contributed by atoms with Crippen molar-refractivity contribution in [2.45, 2.75) is 52.0 Å². The first kappa shape index (κ1) is 14.3. The average molecular weight is 246 g/mol. The van der Waals surface area contributed by atoms with E-state index in [1.54, 1.807) is 12.3 Å². The Morgan fingerprint density at radius 3 is 2.72 bits per heavy atom. The number of nitriles is 1. The fourth-order valence-electron chi connectivity index (χ4n) is 1.94. The summed E-state index contributed by atoms with van der Waals surface area (Å²) in [6.45, 7) is 4.37. The van der Waals surface area contributed by atoms with E-state index in [-0.39, 0.29) is 0 Å². The quantitative estimate of drug-likeness (QED) is 0.774. The maximum absolute atomic E-state index is 8.77. The van der Waals surface area contributed by atoms with Gasteiger partial charge >= 0.3 is 0 Å². The van der Waals surface area contributed by atoms with Crippen LogP contribution in [-0.4, -0.2) is 11.0 Å². The maximum Gasteiger partial charge on any atom is 0.149 e.